The Morgan fingerprint density at radius 3 is 2.41 bits per heavy atom. The quantitative estimate of drug-likeness (QED) is 0.773. The van der Waals surface area contributed by atoms with E-state index in [4.69, 9.17) is 0 Å². The summed E-state index contributed by atoms with van der Waals surface area (Å²) in [5.41, 5.74) is 1.34. The van der Waals surface area contributed by atoms with Crippen LogP contribution in [-0.2, 0) is 0 Å². The van der Waals surface area contributed by atoms with Crippen molar-refractivity contribution >= 4 is 5.78 Å². The van der Waals surface area contributed by atoms with Gasteiger partial charge < -0.3 is 10.4 Å². The second-order valence-electron chi connectivity index (χ2n) is 5.28. The van der Waals surface area contributed by atoms with Crippen molar-refractivity contribution in [2.24, 2.45) is 0 Å². The Hall–Kier alpha value is -2.04. The molecule has 116 valence electrons. The Labute approximate surface area is 129 Å². The standard InChI is InChI=1S/C18H20FNO2/c1-13(18(22)15-5-3-2-4-6-15)20-12-11-17(21)14-7-9-16(19)10-8-14/h2-10,13,18,20,22H,11-12H2,1H3. The van der Waals surface area contributed by atoms with Gasteiger partial charge in [0, 0.05) is 24.6 Å². The van der Waals surface area contributed by atoms with Gasteiger partial charge in [0.1, 0.15) is 5.82 Å². The third-order valence-electron chi connectivity index (χ3n) is 3.60. The second-order valence-corrected chi connectivity index (χ2v) is 5.28. The molecule has 0 aliphatic heterocycles. The second kappa shape index (κ2) is 7.82. The predicted molar refractivity (Wildman–Crippen MR) is 84.2 cm³/mol. The number of nitrogens with one attached hydrogen (secondary N) is 1. The number of hydrogen-bond acceptors (Lipinski definition) is 3. The molecule has 0 fully saturated rings. The highest BCUT2D eigenvalue weighted by Gasteiger charge is 2.15. The molecule has 0 spiro atoms. The van der Waals surface area contributed by atoms with E-state index < -0.39 is 6.10 Å². The summed E-state index contributed by atoms with van der Waals surface area (Å²) in [6.07, 6.45) is -0.320. The molecule has 0 saturated heterocycles. The molecule has 0 heterocycles. The highest BCUT2D eigenvalue weighted by atomic mass is 19.1. The molecule has 0 saturated carbocycles. The van der Waals surface area contributed by atoms with E-state index in [2.05, 4.69) is 5.32 Å². The molecule has 2 aromatic rings. The van der Waals surface area contributed by atoms with Gasteiger partial charge in [-0.25, -0.2) is 4.39 Å². The number of benzene rings is 2. The van der Waals surface area contributed by atoms with Gasteiger partial charge in [0.2, 0.25) is 0 Å². The van der Waals surface area contributed by atoms with Crippen LogP contribution in [-0.4, -0.2) is 23.5 Å². The fraction of sp³-hybridized carbons (Fsp3) is 0.278. The summed E-state index contributed by atoms with van der Waals surface area (Å²) in [6, 6.07) is 14.8. The molecule has 2 unspecified atom stereocenters. The molecule has 0 radical (unpaired) electrons. The van der Waals surface area contributed by atoms with Gasteiger partial charge in [-0.15, -0.1) is 0 Å². The van der Waals surface area contributed by atoms with Crippen molar-refractivity contribution in [3.63, 3.8) is 0 Å². The topological polar surface area (TPSA) is 49.3 Å². The largest absolute Gasteiger partial charge is 0.387 e. The van der Waals surface area contributed by atoms with Gasteiger partial charge in [-0.1, -0.05) is 30.3 Å². The van der Waals surface area contributed by atoms with E-state index in [1.165, 1.54) is 24.3 Å². The zero-order chi connectivity index (χ0) is 15.9. The first-order valence-electron chi connectivity index (χ1n) is 7.33. The van der Waals surface area contributed by atoms with Crippen molar-refractivity contribution < 1.29 is 14.3 Å². The molecule has 0 aliphatic carbocycles. The summed E-state index contributed by atoms with van der Waals surface area (Å²) in [5, 5.41) is 13.4. The molecule has 4 heteroatoms. The van der Waals surface area contributed by atoms with E-state index in [1.54, 1.807) is 0 Å². The average molecular weight is 301 g/mol. The predicted octanol–water partition coefficient (Wildman–Crippen LogP) is 3.11. The van der Waals surface area contributed by atoms with Crippen molar-refractivity contribution in [2.75, 3.05) is 6.54 Å². The van der Waals surface area contributed by atoms with Crippen LogP contribution in [0.3, 0.4) is 0 Å². The fourth-order valence-corrected chi connectivity index (χ4v) is 2.24. The Morgan fingerprint density at radius 1 is 1.14 bits per heavy atom. The van der Waals surface area contributed by atoms with Crippen LogP contribution in [0.1, 0.15) is 35.4 Å². The number of ketones is 1. The third-order valence-corrected chi connectivity index (χ3v) is 3.60. The van der Waals surface area contributed by atoms with Crippen molar-refractivity contribution in [1.29, 1.82) is 0 Å². The van der Waals surface area contributed by atoms with E-state index in [9.17, 15) is 14.3 Å². The number of Topliss-reactive ketones (excluding diaryl/α,β-unsaturated/α-hetero) is 1. The lowest BCUT2D eigenvalue weighted by Gasteiger charge is -2.20. The molecule has 0 aliphatic rings. The average Bonchev–Trinajstić information content (AvgIpc) is 2.55. The summed E-state index contributed by atoms with van der Waals surface area (Å²) in [4.78, 5) is 12.0. The Bertz CT molecular complexity index is 598. The lowest BCUT2D eigenvalue weighted by molar-refractivity contribution is 0.0972. The Kier molecular flexibility index (Phi) is 5.81. The van der Waals surface area contributed by atoms with Crippen LogP contribution < -0.4 is 5.32 Å². The number of hydrogen-bond donors (Lipinski definition) is 2. The van der Waals surface area contributed by atoms with Crippen LogP contribution >= 0.6 is 0 Å². The normalized spacial score (nSPS) is 13.6. The molecular weight excluding hydrogens is 281 g/mol. The summed E-state index contributed by atoms with van der Waals surface area (Å²) in [6.45, 7) is 2.33. The minimum absolute atomic E-state index is 0.0473. The maximum absolute atomic E-state index is 12.8. The molecule has 2 N–H and O–H groups in total. The molecule has 2 rings (SSSR count). The van der Waals surface area contributed by atoms with Gasteiger partial charge >= 0.3 is 0 Å². The lowest BCUT2D eigenvalue weighted by Crippen LogP contribution is -2.33. The van der Waals surface area contributed by atoms with E-state index in [1.807, 2.05) is 37.3 Å². The van der Waals surface area contributed by atoms with Gasteiger partial charge in [0.15, 0.2) is 5.78 Å². The van der Waals surface area contributed by atoms with Crippen LogP contribution in [0.4, 0.5) is 4.39 Å². The zero-order valence-corrected chi connectivity index (χ0v) is 12.5. The van der Waals surface area contributed by atoms with Crippen LogP contribution in [0.5, 0.6) is 0 Å². The number of rotatable bonds is 7. The van der Waals surface area contributed by atoms with Crippen molar-refractivity contribution in [3.8, 4) is 0 Å². The minimum atomic E-state index is -0.623. The van der Waals surface area contributed by atoms with E-state index in [0.717, 1.165) is 5.56 Å². The zero-order valence-electron chi connectivity index (χ0n) is 12.5. The first-order chi connectivity index (χ1) is 10.6. The summed E-state index contributed by atoms with van der Waals surface area (Å²) in [7, 11) is 0. The summed E-state index contributed by atoms with van der Waals surface area (Å²) in [5.74, 6) is -0.400. The molecule has 3 nitrogen and oxygen atoms in total. The SMILES string of the molecule is CC(NCCC(=O)c1ccc(F)cc1)C(O)c1ccccc1. The Morgan fingerprint density at radius 2 is 1.77 bits per heavy atom. The number of aliphatic hydroxyl groups excluding tert-OH is 1. The molecule has 2 aromatic carbocycles. The van der Waals surface area contributed by atoms with Crippen molar-refractivity contribution in [3.05, 3.63) is 71.5 Å². The van der Waals surface area contributed by atoms with Crippen LogP contribution in [0.15, 0.2) is 54.6 Å². The summed E-state index contributed by atoms with van der Waals surface area (Å²) >= 11 is 0. The van der Waals surface area contributed by atoms with E-state index >= 15 is 0 Å². The van der Waals surface area contributed by atoms with Gasteiger partial charge in [-0.2, -0.15) is 0 Å². The maximum Gasteiger partial charge on any atom is 0.164 e. The molecule has 0 amide bonds. The lowest BCUT2D eigenvalue weighted by atomic mass is 10.0. The van der Waals surface area contributed by atoms with Crippen LogP contribution in [0, 0.1) is 5.82 Å². The minimum Gasteiger partial charge on any atom is -0.387 e. The highest BCUT2D eigenvalue weighted by molar-refractivity contribution is 5.96. The molecule has 22 heavy (non-hydrogen) atoms. The smallest absolute Gasteiger partial charge is 0.164 e. The van der Waals surface area contributed by atoms with Gasteiger partial charge in [-0.05, 0) is 36.8 Å². The first-order valence-corrected chi connectivity index (χ1v) is 7.33. The molecular formula is C18H20FNO2. The molecule has 0 bridgehead atoms. The maximum atomic E-state index is 12.8. The highest BCUT2D eigenvalue weighted by Crippen LogP contribution is 2.16. The Balaban J connectivity index is 1.80. The van der Waals surface area contributed by atoms with Gasteiger partial charge in [0.25, 0.3) is 0 Å². The number of carbonyl (C=O) groups is 1. The van der Waals surface area contributed by atoms with Gasteiger partial charge in [0.05, 0.1) is 6.10 Å². The van der Waals surface area contributed by atoms with Crippen molar-refractivity contribution in [1.82, 2.24) is 5.32 Å². The van der Waals surface area contributed by atoms with Crippen LogP contribution in [0.25, 0.3) is 0 Å². The van der Waals surface area contributed by atoms with Gasteiger partial charge in [-0.3, -0.25) is 4.79 Å². The third kappa shape index (κ3) is 4.48. The van der Waals surface area contributed by atoms with Crippen LogP contribution in [0.2, 0.25) is 0 Å². The first kappa shape index (κ1) is 16.3. The van der Waals surface area contributed by atoms with E-state index in [-0.39, 0.29) is 17.6 Å². The number of halogens is 1. The number of aliphatic hydroxyl groups is 1. The monoisotopic (exact) mass is 301 g/mol. The summed E-state index contributed by atoms with van der Waals surface area (Å²) < 4.78 is 12.8. The van der Waals surface area contributed by atoms with E-state index in [0.29, 0.717) is 18.5 Å². The molecule has 2 atom stereocenters. The molecule has 0 aromatic heterocycles. The number of carbonyl (C=O) groups excluding carboxylic acids is 1. The fourth-order valence-electron chi connectivity index (χ4n) is 2.24. The van der Waals surface area contributed by atoms with Crippen molar-refractivity contribution in [2.45, 2.75) is 25.5 Å².